The minimum atomic E-state index is -4.75. The number of hydrogen-bond donors (Lipinski definition) is 5. The number of phosphoric acid groups is 1. The van der Waals surface area contributed by atoms with E-state index in [0.29, 0.717) is 0 Å². The summed E-state index contributed by atoms with van der Waals surface area (Å²) in [6.07, 6.45) is -6.11. The molecule has 2 fully saturated rings. The summed E-state index contributed by atoms with van der Waals surface area (Å²) < 4.78 is 60.5. The minimum absolute atomic E-state index is 0.173. The number of H-pyrrole nitrogens is 2. The highest BCUT2D eigenvalue weighted by Gasteiger charge is 2.48. The number of nitrogens with zero attached hydrogens (tertiary/aromatic N) is 2. The van der Waals surface area contributed by atoms with Gasteiger partial charge in [0.05, 0.1) is 25.9 Å². The van der Waals surface area contributed by atoms with Crippen LogP contribution in [0.2, 0.25) is 0 Å². The molecular weight excluding hydrogens is 654 g/mol. The molecule has 4 rings (SSSR count). The summed E-state index contributed by atoms with van der Waals surface area (Å²) in [5, 5.41) is 8.95. The van der Waals surface area contributed by atoms with Gasteiger partial charge in [-0.25, -0.2) is 14.2 Å². The van der Waals surface area contributed by atoms with Crippen LogP contribution in [0.4, 0.5) is 0 Å². The molecule has 0 saturated carbocycles. The molecule has 4 unspecified atom stereocenters. The Kier molecular flexibility index (Phi) is 10.6. The molecular formula is C22H32N4O15P2S. The third-order valence-electron chi connectivity index (χ3n) is 6.59. The lowest BCUT2D eigenvalue weighted by Crippen LogP contribution is -2.39. The zero-order valence-corrected chi connectivity index (χ0v) is 25.9. The molecule has 4 heterocycles. The molecule has 0 radical (unpaired) electrons. The second kappa shape index (κ2) is 14.1. The van der Waals surface area contributed by atoms with Gasteiger partial charge in [0.25, 0.3) is 11.1 Å². The predicted molar refractivity (Wildman–Crippen MR) is 151 cm³/mol. The fraction of sp³-hybridized carbons (Fsp3) is 0.636. The monoisotopic (exact) mass is 687 g/mol. The van der Waals surface area contributed by atoms with Crippen LogP contribution < -0.4 is 22.5 Å². The molecule has 0 amide bonds. The van der Waals surface area contributed by atoms with Gasteiger partial charge in [-0.15, -0.1) is 0 Å². The van der Waals surface area contributed by atoms with Crippen LogP contribution in [0, 0.1) is 6.92 Å². The maximum absolute atomic E-state index is 12.5. The van der Waals surface area contributed by atoms with Gasteiger partial charge in [0.2, 0.25) is 0 Å². The molecule has 2 aromatic heterocycles. The van der Waals surface area contributed by atoms with Crippen LogP contribution in [0.5, 0.6) is 0 Å². The smallest absolute Gasteiger partial charge is 0.394 e. The third kappa shape index (κ3) is 8.16. The molecule has 9 atom stereocenters. The molecule has 0 aliphatic carbocycles. The number of aliphatic hydroxyl groups excluding tert-OH is 1. The van der Waals surface area contributed by atoms with Crippen molar-refractivity contribution >= 4 is 26.3 Å². The Balaban J connectivity index is 1.52. The van der Waals surface area contributed by atoms with Crippen molar-refractivity contribution in [3.05, 3.63) is 65.7 Å². The summed E-state index contributed by atoms with van der Waals surface area (Å²) in [4.78, 5) is 73.5. The average Bonchev–Trinajstić information content (AvgIpc) is 3.52. The van der Waals surface area contributed by atoms with Crippen molar-refractivity contribution in [2.45, 2.75) is 63.2 Å². The van der Waals surface area contributed by atoms with Crippen LogP contribution in [-0.4, -0.2) is 91.4 Å². The van der Waals surface area contributed by atoms with Gasteiger partial charge in [-0.1, -0.05) is 0 Å². The lowest BCUT2D eigenvalue weighted by Gasteiger charge is -2.27. The number of phosphoric ester groups is 1. The van der Waals surface area contributed by atoms with Crippen LogP contribution in [-0.2, 0) is 48.7 Å². The van der Waals surface area contributed by atoms with Crippen LogP contribution >= 0.6 is 14.5 Å². The summed E-state index contributed by atoms with van der Waals surface area (Å²) in [5.41, 5.74) is -2.75. The van der Waals surface area contributed by atoms with E-state index in [1.807, 2.05) is 0 Å². The molecule has 2 saturated heterocycles. The molecule has 2 aliphatic rings. The van der Waals surface area contributed by atoms with Crippen molar-refractivity contribution in [2.75, 3.05) is 26.9 Å². The number of aryl methyl sites for hydroxylation is 1. The molecule has 0 spiro atoms. The van der Waals surface area contributed by atoms with Gasteiger partial charge in [-0.3, -0.25) is 42.3 Å². The molecule has 0 bridgehead atoms. The van der Waals surface area contributed by atoms with Gasteiger partial charge >= 0.3 is 25.9 Å². The number of hydrogen-bond acceptors (Lipinski definition) is 14. The zero-order valence-electron chi connectivity index (χ0n) is 24.2. The Labute approximate surface area is 254 Å². The van der Waals surface area contributed by atoms with E-state index in [0.717, 1.165) is 15.2 Å². The van der Waals surface area contributed by atoms with Gasteiger partial charge in [-0.05, 0) is 25.6 Å². The summed E-state index contributed by atoms with van der Waals surface area (Å²) in [7, 11) is -3.49. The fourth-order valence-electron chi connectivity index (χ4n) is 4.58. The maximum Gasteiger partial charge on any atom is 0.472 e. The van der Waals surface area contributed by atoms with Crippen molar-refractivity contribution in [2.24, 2.45) is 0 Å². The summed E-state index contributed by atoms with van der Waals surface area (Å²) in [6, 6.07) is 1.08. The van der Waals surface area contributed by atoms with Crippen molar-refractivity contribution in [3.8, 4) is 0 Å². The lowest BCUT2D eigenvalue weighted by atomic mass is 10.1. The van der Waals surface area contributed by atoms with E-state index < -0.39 is 107 Å². The Bertz CT molecular complexity index is 1680. The fourth-order valence-corrected chi connectivity index (χ4v) is 6.96. The van der Waals surface area contributed by atoms with Crippen molar-refractivity contribution in [1.82, 2.24) is 19.1 Å². The molecule has 5 N–H and O–H groups in total. The molecule has 2 aromatic rings. The Morgan fingerprint density at radius 2 is 1.84 bits per heavy atom. The van der Waals surface area contributed by atoms with Gasteiger partial charge in [-0.2, -0.15) is 0 Å². The number of aromatic nitrogens is 4. The van der Waals surface area contributed by atoms with Gasteiger partial charge < -0.3 is 33.6 Å². The minimum Gasteiger partial charge on any atom is -0.394 e. The van der Waals surface area contributed by atoms with E-state index >= 15 is 0 Å². The second-order valence-electron chi connectivity index (χ2n) is 9.63. The lowest BCUT2D eigenvalue weighted by molar-refractivity contribution is -0.0540. The normalized spacial score (nSPS) is 30.1. The third-order valence-corrected chi connectivity index (χ3v) is 9.20. The number of aliphatic hydroxyl groups is 1. The Hall–Kier alpha value is -2.16. The first-order valence-corrected chi connectivity index (χ1v) is 17.0. The quantitative estimate of drug-likeness (QED) is 0.154. The van der Waals surface area contributed by atoms with E-state index in [-0.39, 0.29) is 12.0 Å². The summed E-state index contributed by atoms with van der Waals surface area (Å²) >= 11 is 5.18. The highest BCUT2D eigenvalue weighted by atomic mass is 32.5. The first-order valence-electron chi connectivity index (χ1n) is 13.6. The molecule has 19 nitrogen and oxygen atoms in total. The van der Waals surface area contributed by atoms with Gasteiger partial charge in [0, 0.05) is 38.9 Å². The van der Waals surface area contributed by atoms with Gasteiger partial charge in [0.15, 0.2) is 6.23 Å². The Morgan fingerprint density at radius 3 is 2.50 bits per heavy atom. The van der Waals surface area contributed by atoms with E-state index in [1.54, 1.807) is 0 Å². The van der Waals surface area contributed by atoms with Gasteiger partial charge in [0.1, 0.15) is 30.6 Å². The average molecular weight is 688 g/mol. The molecule has 22 heteroatoms. The number of nitrogens with one attached hydrogen (secondary N) is 2. The molecule has 0 aromatic carbocycles. The highest BCUT2D eigenvalue weighted by molar-refractivity contribution is 8.07. The SMILES string of the molecule is [2H]C[C@H]1O[C@@H](n2ccc(=O)[nH]c2=O)[C@@H](OC)C1OP(O)(=S)OC[C@H]1O[C@@H](n2cc(C)c(=O)[nH]c2=O)CC1OP(=O)(O)OCCO. The first kappa shape index (κ1) is 33.2. The zero-order chi connectivity index (χ0) is 33.1. The number of ether oxygens (including phenoxy) is 3. The number of methoxy groups -OCH3 is 1. The van der Waals surface area contributed by atoms with Crippen LogP contribution in [0.3, 0.4) is 0 Å². The topological polar surface area (TPSA) is 252 Å². The van der Waals surface area contributed by atoms with Crippen LogP contribution in [0.25, 0.3) is 0 Å². The van der Waals surface area contributed by atoms with Crippen molar-refractivity contribution in [3.63, 3.8) is 0 Å². The summed E-state index contributed by atoms with van der Waals surface area (Å²) in [6.45, 7) is -4.92. The molecule has 246 valence electrons. The van der Waals surface area contributed by atoms with E-state index in [9.17, 15) is 33.5 Å². The van der Waals surface area contributed by atoms with E-state index in [1.165, 1.54) is 26.4 Å². The molecule has 2 aliphatic heterocycles. The van der Waals surface area contributed by atoms with Crippen molar-refractivity contribution in [1.29, 1.82) is 0 Å². The maximum atomic E-state index is 12.5. The van der Waals surface area contributed by atoms with Crippen LogP contribution in [0.15, 0.2) is 37.6 Å². The van der Waals surface area contributed by atoms with E-state index in [4.69, 9.17) is 46.1 Å². The standard InChI is InChI=1S/C22H32N4O15P2S/c1-11-9-26(22(31)24-19(11)29)16-8-13(40-42(32,33)36-7-6-27)14(39-16)10-37-43(34,44)41-17-12(2)38-20(18(17)35-3)25-5-4-15(28)23-21(25)30/h4-5,9,12-14,16-18,20,27H,6-8,10H2,1-3H3,(H,32,33)(H,34,44)(H,23,28,30)(H,24,29,31)/t12-,13?,14-,16-,17?,18+,20-,43?/m1/s1/i2D. The first-order chi connectivity index (χ1) is 21.2. The Morgan fingerprint density at radius 1 is 1.11 bits per heavy atom. The molecule has 44 heavy (non-hydrogen) atoms. The second-order valence-corrected chi connectivity index (χ2v) is 13.8. The number of rotatable bonds is 13. The predicted octanol–water partition coefficient (Wildman–Crippen LogP) is -1.27. The highest BCUT2D eigenvalue weighted by Crippen LogP contribution is 2.51. The van der Waals surface area contributed by atoms with Crippen LogP contribution in [0.1, 0.15) is 32.7 Å². The van der Waals surface area contributed by atoms with E-state index in [2.05, 4.69) is 14.5 Å². The summed E-state index contributed by atoms with van der Waals surface area (Å²) in [5.74, 6) is 0. The largest absolute Gasteiger partial charge is 0.472 e. The van der Waals surface area contributed by atoms with Crippen molar-refractivity contribution < 1.29 is 53.1 Å². The number of aromatic amines is 2.